The Labute approximate surface area is 188 Å². The number of nitrogens with one attached hydrogen (secondary N) is 1. The number of likely N-dealkylation sites (tertiary alicyclic amines) is 1. The maximum atomic E-state index is 14.7. The van der Waals surface area contributed by atoms with E-state index in [-0.39, 0.29) is 24.9 Å². The summed E-state index contributed by atoms with van der Waals surface area (Å²) in [4.78, 5) is 26.5. The van der Waals surface area contributed by atoms with Crippen LogP contribution in [0, 0.1) is 0 Å². The molecule has 164 valence electrons. The van der Waals surface area contributed by atoms with Crippen LogP contribution in [-0.4, -0.2) is 50.9 Å². The number of hydrogen-bond donors (Lipinski definition) is 2. The standard InChI is InChI=1S/C23H20F2N4O2S/c24-23(25)10-11-29(22(30)15-5-3-7-17-21(15)28-19(13-32)26-17)12-18(23)31-20-9-8-14-4-1-2-6-16(14)27-20/h1-9,18,32H,10-13H2,(H,26,28). The number of para-hydroxylation sites is 2. The first-order chi connectivity index (χ1) is 15.4. The number of ether oxygens (including phenoxy) is 1. The number of alkyl halides is 2. The summed E-state index contributed by atoms with van der Waals surface area (Å²) in [6.07, 6.45) is -1.99. The van der Waals surface area contributed by atoms with Crippen molar-refractivity contribution in [1.29, 1.82) is 0 Å². The van der Waals surface area contributed by atoms with Gasteiger partial charge in [-0.2, -0.15) is 12.6 Å². The molecule has 9 heteroatoms. The maximum absolute atomic E-state index is 14.7. The minimum atomic E-state index is -3.08. The Bertz CT molecular complexity index is 1310. The van der Waals surface area contributed by atoms with Crippen LogP contribution in [0.3, 0.4) is 0 Å². The zero-order valence-corrected chi connectivity index (χ0v) is 17.9. The van der Waals surface area contributed by atoms with Crippen LogP contribution >= 0.6 is 12.6 Å². The quantitative estimate of drug-likeness (QED) is 0.447. The molecule has 2 aromatic carbocycles. The Morgan fingerprint density at radius 3 is 2.78 bits per heavy atom. The smallest absolute Gasteiger partial charge is 0.287 e. The second-order valence-electron chi connectivity index (χ2n) is 7.75. The summed E-state index contributed by atoms with van der Waals surface area (Å²) in [7, 11) is 0. The van der Waals surface area contributed by atoms with E-state index in [9.17, 15) is 13.6 Å². The number of carbonyl (C=O) groups is 1. The summed E-state index contributed by atoms with van der Waals surface area (Å²) in [5, 5.41) is 0.889. The molecule has 1 unspecified atom stereocenters. The fourth-order valence-corrected chi connectivity index (χ4v) is 4.09. The molecule has 0 aliphatic carbocycles. The van der Waals surface area contributed by atoms with Gasteiger partial charge >= 0.3 is 0 Å². The number of aromatic amines is 1. The van der Waals surface area contributed by atoms with Crippen molar-refractivity contribution in [2.24, 2.45) is 0 Å². The first kappa shape index (κ1) is 20.7. The highest BCUT2D eigenvalue weighted by atomic mass is 32.1. The van der Waals surface area contributed by atoms with Gasteiger partial charge in [-0.15, -0.1) is 0 Å². The average Bonchev–Trinajstić information content (AvgIpc) is 3.23. The first-order valence-corrected chi connectivity index (χ1v) is 10.9. The number of rotatable bonds is 4. The van der Waals surface area contributed by atoms with Gasteiger partial charge in [-0.05, 0) is 24.3 Å². The van der Waals surface area contributed by atoms with Crippen LogP contribution in [0.4, 0.5) is 8.78 Å². The second kappa shape index (κ2) is 8.05. The van der Waals surface area contributed by atoms with Crippen molar-refractivity contribution >= 4 is 40.5 Å². The highest BCUT2D eigenvalue weighted by molar-refractivity contribution is 7.79. The Hall–Kier alpha value is -3.20. The van der Waals surface area contributed by atoms with Gasteiger partial charge in [-0.25, -0.2) is 18.7 Å². The highest BCUT2D eigenvalue weighted by Gasteiger charge is 2.47. The Morgan fingerprint density at radius 2 is 1.94 bits per heavy atom. The van der Waals surface area contributed by atoms with E-state index in [1.807, 2.05) is 18.2 Å². The molecular weight excluding hydrogens is 434 g/mol. The summed E-state index contributed by atoms with van der Waals surface area (Å²) >= 11 is 4.21. The lowest BCUT2D eigenvalue weighted by Gasteiger charge is -2.38. The third-order valence-corrected chi connectivity index (χ3v) is 5.94. The van der Waals surface area contributed by atoms with Crippen molar-refractivity contribution in [2.75, 3.05) is 13.1 Å². The number of pyridine rings is 1. The lowest BCUT2D eigenvalue weighted by atomic mass is 10.0. The molecule has 1 aliphatic heterocycles. The predicted molar refractivity (Wildman–Crippen MR) is 120 cm³/mol. The molecule has 5 rings (SSSR count). The summed E-state index contributed by atoms with van der Waals surface area (Å²) < 4.78 is 35.0. The van der Waals surface area contributed by atoms with Crippen LogP contribution in [0.2, 0.25) is 0 Å². The predicted octanol–water partition coefficient (Wildman–Crippen LogP) is 4.47. The van der Waals surface area contributed by atoms with Crippen LogP contribution in [0.1, 0.15) is 22.6 Å². The van der Waals surface area contributed by atoms with E-state index in [4.69, 9.17) is 4.74 Å². The molecule has 0 saturated carbocycles. The highest BCUT2D eigenvalue weighted by Crippen LogP contribution is 2.33. The molecule has 4 aromatic rings. The minimum absolute atomic E-state index is 0.0687. The monoisotopic (exact) mass is 454 g/mol. The van der Waals surface area contributed by atoms with Crippen LogP contribution in [0.25, 0.3) is 21.9 Å². The number of halogens is 2. The molecule has 1 N–H and O–H groups in total. The van der Waals surface area contributed by atoms with Gasteiger partial charge in [0.2, 0.25) is 5.88 Å². The first-order valence-electron chi connectivity index (χ1n) is 10.2. The van der Waals surface area contributed by atoms with Crippen molar-refractivity contribution in [3.8, 4) is 5.88 Å². The Morgan fingerprint density at radius 1 is 1.12 bits per heavy atom. The molecule has 1 amide bonds. The van der Waals surface area contributed by atoms with Crippen LogP contribution in [0.5, 0.6) is 5.88 Å². The Kier molecular flexibility index (Phi) is 5.21. The molecule has 0 radical (unpaired) electrons. The third kappa shape index (κ3) is 3.77. The van der Waals surface area contributed by atoms with E-state index in [1.54, 1.807) is 36.4 Å². The largest absolute Gasteiger partial charge is 0.466 e. The van der Waals surface area contributed by atoms with Gasteiger partial charge in [-0.1, -0.05) is 24.3 Å². The number of H-pyrrole nitrogens is 1. The van der Waals surface area contributed by atoms with Crippen LogP contribution in [0.15, 0.2) is 54.6 Å². The molecule has 0 spiro atoms. The number of carbonyl (C=O) groups excluding carboxylic acids is 1. The van der Waals surface area contributed by atoms with Crippen LogP contribution in [-0.2, 0) is 5.75 Å². The van der Waals surface area contributed by atoms with Gasteiger partial charge in [0.15, 0.2) is 6.10 Å². The molecule has 1 fully saturated rings. The number of nitrogens with zero attached hydrogens (tertiary/aromatic N) is 3. The van der Waals surface area contributed by atoms with E-state index >= 15 is 0 Å². The molecular formula is C23H20F2N4O2S. The summed E-state index contributed by atoms with van der Waals surface area (Å²) in [6.45, 7) is -0.314. The van der Waals surface area contributed by atoms with Gasteiger partial charge in [-0.3, -0.25) is 4.79 Å². The summed E-state index contributed by atoms with van der Waals surface area (Å²) in [5.74, 6) is -2.29. The normalized spacial score (nSPS) is 18.2. The number of imidazole rings is 1. The third-order valence-electron chi connectivity index (χ3n) is 5.64. The SMILES string of the molecule is O=C(c1cccc2nc(CS)[nH]c12)N1CCC(F)(F)C(Oc2ccc3ccccc3n2)C1. The van der Waals surface area contributed by atoms with Gasteiger partial charge < -0.3 is 14.6 Å². The zero-order chi connectivity index (χ0) is 22.3. The van der Waals surface area contributed by atoms with E-state index in [0.717, 1.165) is 5.39 Å². The lowest BCUT2D eigenvalue weighted by molar-refractivity contribution is -0.131. The topological polar surface area (TPSA) is 71.1 Å². The molecule has 0 bridgehead atoms. The molecule has 1 saturated heterocycles. The molecule has 6 nitrogen and oxygen atoms in total. The molecule has 1 aliphatic rings. The van der Waals surface area contributed by atoms with Gasteiger partial charge in [0, 0.05) is 30.2 Å². The van der Waals surface area contributed by atoms with E-state index in [0.29, 0.717) is 33.7 Å². The molecule has 32 heavy (non-hydrogen) atoms. The second-order valence-corrected chi connectivity index (χ2v) is 8.07. The van der Waals surface area contributed by atoms with Gasteiger partial charge in [0.1, 0.15) is 5.82 Å². The van der Waals surface area contributed by atoms with Crippen molar-refractivity contribution in [3.63, 3.8) is 0 Å². The molecule has 1 atom stereocenters. The van der Waals surface area contributed by atoms with Crippen molar-refractivity contribution < 1.29 is 18.3 Å². The van der Waals surface area contributed by atoms with E-state index in [2.05, 4.69) is 27.6 Å². The van der Waals surface area contributed by atoms with E-state index in [1.165, 1.54) is 4.90 Å². The molecule has 3 heterocycles. The number of hydrogen-bond acceptors (Lipinski definition) is 5. The number of amides is 1. The molecule has 2 aromatic heterocycles. The number of piperidine rings is 1. The number of thiol groups is 1. The number of aromatic nitrogens is 3. The van der Waals surface area contributed by atoms with Crippen molar-refractivity contribution in [2.45, 2.75) is 24.2 Å². The van der Waals surface area contributed by atoms with Crippen LogP contribution < -0.4 is 4.74 Å². The lowest BCUT2D eigenvalue weighted by Crippen LogP contribution is -2.55. The fourth-order valence-electron chi connectivity index (χ4n) is 3.94. The van der Waals surface area contributed by atoms with Gasteiger partial charge in [0.05, 0.1) is 28.7 Å². The summed E-state index contributed by atoms with van der Waals surface area (Å²) in [6, 6.07) is 15.9. The fraction of sp³-hybridized carbons (Fsp3) is 0.261. The summed E-state index contributed by atoms with van der Waals surface area (Å²) in [5.41, 5.74) is 2.25. The number of benzene rings is 2. The maximum Gasteiger partial charge on any atom is 0.287 e. The number of fused-ring (bicyclic) bond motifs is 2. The van der Waals surface area contributed by atoms with Crippen molar-refractivity contribution in [1.82, 2.24) is 19.9 Å². The minimum Gasteiger partial charge on any atom is -0.466 e. The van der Waals surface area contributed by atoms with E-state index < -0.39 is 18.4 Å². The average molecular weight is 455 g/mol. The Balaban J connectivity index is 1.40. The zero-order valence-electron chi connectivity index (χ0n) is 17.0. The van der Waals surface area contributed by atoms with Crippen molar-refractivity contribution in [3.05, 3.63) is 66.0 Å². The van der Waals surface area contributed by atoms with Gasteiger partial charge in [0.25, 0.3) is 11.8 Å².